The number of carbonyl (C=O) groups is 2. The number of pyridine rings is 1. The van der Waals surface area contributed by atoms with Crippen LogP contribution in [0.1, 0.15) is 39.7 Å². The third-order valence-corrected chi connectivity index (χ3v) is 6.58. The molecule has 1 atom stereocenters. The molecule has 1 aromatic carbocycles. The van der Waals surface area contributed by atoms with Crippen molar-refractivity contribution in [3.8, 4) is 0 Å². The van der Waals surface area contributed by atoms with Crippen molar-refractivity contribution in [2.45, 2.75) is 25.4 Å². The lowest BCUT2D eigenvalue weighted by Crippen LogP contribution is -2.42. The van der Waals surface area contributed by atoms with Crippen molar-refractivity contribution in [1.29, 1.82) is 0 Å². The van der Waals surface area contributed by atoms with Crippen molar-refractivity contribution in [3.63, 3.8) is 0 Å². The van der Waals surface area contributed by atoms with Gasteiger partial charge in [0.05, 0.1) is 13.2 Å². The van der Waals surface area contributed by atoms with Gasteiger partial charge in [0.2, 0.25) is 5.91 Å². The highest BCUT2D eigenvalue weighted by atomic mass is 32.1. The van der Waals surface area contributed by atoms with Crippen LogP contribution >= 0.6 is 11.3 Å². The van der Waals surface area contributed by atoms with Gasteiger partial charge in [-0.25, -0.2) is 9.37 Å². The molecule has 3 heterocycles. The second kappa shape index (κ2) is 9.53. The van der Waals surface area contributed by atoms with Gasteiger partial charge in [0.1, 0.15) is 21.6 Å². The molecule has 0 aliphatic carbocycles. The molecular formula is C23H24FN3O3S. The zero-order chi connectivity index (χ0) is 21.8. The Kier molecular flexibility index (Phi) is 6.58. The van der Waals surface area contributed by atoms with Gasteiger partial charge in [-0.2, -0.15) is 0 Å². The number of halogens is 1. The number of aromatic nitrogens is 1. The second-order valence-electron chi connectivity index (χ2n) is 7.46. The first-order chi connectivity index (χ1) is 15.1. The number of hydrogen-bond acceptors (Lipinski definition) is 5. The minimum absolute atomic E-state index is 0.0644. The van der Waals surface area contributed by atoms with E-state index in [0.717, 1.165) is 27.8 Å². The molecule has 1 saturated heterocycles. The van der Waals surface area contributed by atoms with Crippen molar-refractivity contribution in [2.24, 2.45) is 0 Å². The lowest BCUT2D eigenvalue weighted by Gasteiger charge is -2.33. The Hall–Kier alpha value is -2.84. The molecule has 1 fully saturated rings. The van der Waals surface area contributed by atoms with E-state index in [1.54, 1.807) is 25.4 Å². The number of amides is 2. The Labute approximate surface area is 184 Å². The first kappa shape index (κ1) is 21.4. The van der Waals surface area contributed by atoms with Crippen LogP contribution in [0.25, 0.3) is 10.2 Å². The number of nitrogens with one attached hydrogen (secondary N) is 1. The highest BCUT2D eigenvalue weighted by Gasteiger charge is 2.31. The van der Waals surface area contributed by atoms with E-state index in [1.165, 1.54) is 23.5 Å². The monoisotopic (exact) mass is 441 g/mol. The van der Waals surface area contributed by atoms with E-state index in [-0.39, 0.29) is 23.7 Å². The van der Waals surface area contributed by atoms with Crippen LogP contribution in [0.15, 0.2) is 42.6 Å². The highest BCUT2D eigenvalue weighted by Crippen LogP contribution is 2.37. The van der Waals surface area contributed by atoms with E-state index in [1.807, 2.05) is 17.0 Å². The van der Waals surface area contributed by atoms with Gasteiger partial charge in [-0.1, -0.05) is 18.2 Å². The summed E-state index contributed by atoms with van der Waals surface area (Å²) >= 11 is 1.34. The van der Waals surface area contributed by atoms with Gasteiger partial charge in [0.15, 0.2) is 0 Å². The average molecular weight is 442 g/mol. The maximum atomic E-state index is 13.0. The summed E-state index contributed by atoms with van der Waals surface area (Å²) < 4.78 is 19.0. The van der Waals surface area contributed by atoms with Crippen LogP contribution in [0.2, 0.25) is 0 Å². The van der Waals surface area contributed by atoms with Crippen molar-refractivity contribution in [3.05, 3.63) is 64.4 Å². The van der Waals surface area contributed by atoms with E-state index in [0.29, 0.717) is 37.4 Å². The molecular weight excluding hydrogens is 417 g/mol. The van der Waals surface area contributed by atoms with Gasteiger partial charge in [-0.05, 0) is 36.6 Å². The molecule has 31 heavy (non-hydrogen) atoms. The topological polar surface area (TPSA) is 71.5 Å². The van der Waals surface area contributed by atoms with Crippen molar-refractivity contribution in [1.82, 2.24) is 15.2 Å². The van der Waals surface area contributed by atoms with Crippen LogP contribution in [0.3, 0.4) is 0 Å². The molecule has 0 saturated carbocycles. The normalized spacial score (nSPS) is 16.5. The van der Waals surface area contributed by atoms with Crippen LogP contribution in [-0.2, 0) is 16.0 Å². The minimum atomic E-state index is -0.375. The Morgan fingerprint density at radius 1 is 1.29 bits per heavy atom. The molecule has 2 aromatic heterocycles. The van der Waals surface area contributed by atoms with Crippen molar-refractivity contribution in [2.75, 3.05) is 26.7 Å². The molecule has 162 valence electrons. The predicted molar refractivity (Wildman–Crippen MR) is 118 cm³/mol. The summed E-state index contributed by atoms with van der Waals surface area (Å²) in [5, 5.41) is 3.58. The lowest BCUT2D eigenvalue weighted by molar-refractivity contribution is -0.139. The number of ether oxygens (including phenoxy) is 1. The molecule has 0 radical (unpaired) electrons. The molecule has 1 aliphatic rings. The first-order valence-corrected chi connectivity index (χ1v) is 11.1. The highest BCUT2D eigenvalue weighted by molar-refractivity contribution is 7.20. The maximum Gasteiger partial charge on any atom is 0.261 e. The Bertz CT molecular complexity index is 1080. The fourth-order valence-electron chi connectivity index (χ4n) is 3.86. The molecule has 3 aromatic rings. The van der Waals surface area contributed by atoms with Gasteiger partial charge in [0.25, 0.3) is 5.91 Å². The Balaban J connectivity index is 1.45. The molecule has 4 rings (SSSR count). The van der Waals surface area contributed by atoms with Gasteiger partial charge in [0, 0.05) is 37.2 Å². The molecule has 0 spiro atoms. The third kappa shape index (κ3) is 4.75. The number of thiophene rings is 1. The van der Waals surface area contributed by atoms with E-state index >= 15 is 0 Å². The largest absolute Gasteiger partial charge is 0.370 e. The fourth-order valence-corrected chi connectivity index (χ4v) is 5.00. The SMILES string of the molecule is CNC(=O)c1sc2ncccc2c1[C@H]1CN(C(=O)CCCc2ccc(F)cc2)CCO1. The zero-order valence-corrected chi connectivity index (χ0v) is 18.1. The summed E-state index contributed by atoms with van der Waals surface area (Å²) in [4.78, 5) is 32.8. The molecule has 6 nitrogen and oxygen atoms in total. The maximum absolute atomic E-state index is 13.0. The summed E-state index contributed by atoms with van der Waals surface area (Å²) in [6.07, 6.45) is 3.16. The Morgan fingerprint density at radius 3 is 2.87 bits per heavy atom. The van der Waals surface area contributed by atoms with Gasteiger partial charge >= 0.3 is 0 Å². The number of hydrogen-bond donors (Lipinski definition) is 1. The van der Waals surface area contributed by atoms with Crippen LogP contribution in [0.5, 0.6) is 0 Å². The van der Waals surface area contributed by atoms with Crippen LogP contribution < -0.4 is 5.32 Å². The molecule has 1 N–H and O–H groups in total. The standard InChI is InChI=1S/C23H24FN3O3S/c1-25-22(29)21-20(17-5-3-11-26-23(17)31-21)18-14-27(12-13-30-18)19(28)6-2-4-15-7-9-16(24)10-8-15/h3,5,7-11,18H,2,4,6,12-14H2,1H3,(H,25,29)/t18-/m1/s1. The summed E-state index contributed by atoms with van der Waals surface area (Å²) in [5.41, 5.74) is 1.82. The van der Waals surface area contributed by atoms with Crippen molar-refractivity contribution >= 4 is 33.4 Å². The summed E-state index contributed by atoms with van der Waals surface area (Å²) in [6, 6.07) is 10.2. The quantitative estimate of drug-likeness (QED) is 0.633. The Morgan fingerprint density at radius 2 is 2.10 bits per heavy atom. The predicted octanol–water partition coefficient (Wildman–Crippen LogP) is 3.72. The average Bonchev–Trinajstić information content (AvgIpc) is 3.19. The number of morpholine rings is 1. The number of fused-ring (bicyclic) bond motifs is 1. The number of rotatable bonds is 6. The van der Waals surface area contributed by atoms with Crippen molar-refractivity contribution < 1.29 is 18.7 Å². The third-order valence-electron chi connectivity index (χ3n) is 5.45. The summed E-state index contributed by atoms with van der Waals surface area (Å²) in [5.74, 6) is -0.370. The van der Waals surface area contributed by atoms with Crippen LogP contribution in [-0.4, -0.2) is 48.4 Å². The minimum Gasteiger partial charge on any atom is -0.370 e. The number of aryl methyl sites for hydroxylation is 1. The van der Waals surface area contributed by atoms with Crippen LogP contribution in [0, 0.1) is 5.82 Å². The summed E-state index contributed by atoms with van der Waals surface area (Å²) in [6.45, 7) is 1.35. The van der Waals surface area contributed by atoms with E-state index in [4.69, 9.17) is 4.74 Å². The van der Waals surface area contributed by atoms with Crippen LogP contribution in [0.4, 0.5) is 4.39 Å². The molecule has 8 heteroatoms. The number of benzene rings is 1. The first-order valence-electron chi connectivity index (χ1n) is 10.3. The van der Waals surface area contributed by atoms with Gasteiger partial charge in [-0.15, -0.1) is 11.3 Å². The molecule has 2 amide bonds. The van der Waals surface area contributed by atoms with Gasteiger partial charge in [-0.3, -0.25) is 9.59 Å². The van der Waals surface area contributed by atoms with Gasteiger partial charge < -0.3 is 15.0 Å². The van der Waals surface area contributed by atoms with E-state index in [2.05, 4.69) is 10.3 Å². The summed E-state index contributed by atoms with van der Waals surface area (Å²) in [7, 11) is 1.60. The second-order valence-corrected chi connectivity index (χ2v) is 8.46. The smallest absolute Gasteiger partial charge is 0.261 e. The van der Waals surface area contributed by atoms with E-state index in [9.17, 15) is 14.0 Å². The van der Waals surface area contributed by atoms with E-state index < -0.39 is 0 Å². The molecule has 0 unspecified atom stereocenters. The fraction of sp³-hybridized carbons (Fsp3) is 0.348. The number of carbonyl (C=O) groups excluding carboxylic acids is 2. The molecule has 0 bridgehead atoms. The number of nitrogens with zero attached hydrogens (tertiary/aromatic N) is 2. The zero-order valence-electron chi connectivity index (χ0n) is 17.3. The molecule has 1 aliphatic heterocycles. The lowest BCUT2D eigenvalue weighted by atomic mass is 10.0.